The summed E-state index contributed by atoms with van der Waals surface area (Å²) in [7, 11) is 0. The first-order chi connectivity index (χ1) is 14.8. The smallest absolute Gasteiger partial charge is 0.239 e. The van der Waals surface area contributed by atoms with Crippen molar-refractivity contribution < 1.29 is 9.59 Å². The Labute approximate surface area is 197 Å². The number of amides is 2. The van der Waals surface area contributed by atoms with E-state index in [0.717, 1.165) is 33.4 Å². The maximum absolute atomic E-state index is 14.1. The molecule has 1 fully saturated rings. The summed E-state index contributed by atoms with van der Waals surface area (Å²) in [5.41, 5.74) is 6.77. The first-order valence-electron chi connectivity index (χ1n) is 10.3. The number of aryl methyl sites for hydroxylation is 2. The molecule has 0 saturated carbocycles. The van der Waals surface area contributed by atoms with Gasteiger partial charge in [-0.2, -0.15) is 0 Å². The Balaban J connectivity index is 1.68. The van der Waals surface area contributed by atoms with Gasteiger partial charge in [-0.05, 0) is 47.2 Å². The summed E-state index contributed by atoms with van der Waals surface area (Å²) in [5, 5.41) is 0. The lowest BCUT2D eigenvalue weighted by molar-refractivity contribution is -0.122. The van der Waals surface area contributed by atoms with Gasteiger partial charge in [0.2, 0.25) is 11.8 Å². The van der Waals surface area contributed by atoms with Crippen LogP contribution in [0.15, 0.2) is 66.7 Å². The molecule has 154 valence electrons. The molecule has 1 aliphatic heterocycles. The zero-order valence-corrected chi connectivity index (χ0v) is 20.2. The highest BCUT2D eigenvalue weighted by atomic mass is 79.9. The standard InChI is InChI=1S/C26H19Br2NO2/c1-14-8-7-9-15(2)22(14)29-23(30)20-21(24(29)31)26(28)17-11-4-3-10-16(17)25(20,27)18-12-5-6-13-19(18)26/h3-13,20-21H,1-2H3/t20-,21-,25?,26?/m1/s1. The SMILES string of the molecule is Cc1cccc(C)c1N1C(=O)[C@H]2[C@H](C1=O)C1(Br)c3ccccc3C2(Br)c2ccccc21. The second kappa shape index (κ2) is 6.17. The van der Waals surface area contributed by atoms with Gasteiger partial charge >= 0.3 is 0 Å². The fraction of sp³-hybridized carbons (Fsp3) is 0.231. The lowest BCUT2D eigenvalue weighted by Gasteiger charge is -2.55. The van der Waals surface area contributed by atoms with Gasteiger partial charge in [-0.15, -0.1) is 0 Å². The first kappa shape index (κ1) is 19.4. The van der Waals surface area contributed by atoms with Crippen LogP contribution in [0.25, 0.3) is 0 Å². The zero-order chi connectivity index (χ0) is 21.7. The predicted octanol–water partition coefficient (Wildman–Crippen LogP) is 5.71. The molecule has 7 rings (SSSR count). The van der Waals surface area contributed by atoms with Crippen molar-refractivity contribution in [3.05, 3.63) is 100 Å². The van der Waals surface area contributed by atoms with Crippen molar-refractivity contribution in [2.75, 3.05) is 4.90 Å². The number of para-hydroxylation sites is 1. The molecule has 3 aliphatic carbocycles. The largest absolute Gasteiger partial charge is 0.274 e. The van der Waals surface area contributed by atoms with E-state index in [0.29, 0.717) is 5.69 Å². The Kier molecular flexibility index (Phi) is 3.87. The highest BCUT2D eigenvalue weighted by molar-refractivity contribution is 9.10. The van der Waals surface area contributed by atoms with E-state index < -0.39 is 20.5 Å². The van der Waals surface area contributed by atoms with Crippen LogP contribution in [0.5, 0.6) is 0 Å². The number of halogens is 2. The van der Waals surface area contributed by atoms with E-state index in [2.05, 4.69) is 56.1 Å². The van der Waals surface area contributed by atoms with E-state index in [1.54, 1.807) is 0 Å². The summed E-state index contributed by atoms with van der Waals surface area (Å²) >= 11 is 8.09. The van der Waals surface area contributed by atoms with Crippen molar-refractivity contribution in [2.45, 2.75) is 22.5 Å². The number of rotatable bonds is 1. The van der Waals surface area contributed by atoms with Gasteiger partial charge in [-0.25, -0.2) is 4.90 Å². The molecule has 4 aliphatic rings. The van der Waals surface area contributed by atoms with Crippen LogP contribution in [0.2, 0.25) is 0 Å². The maximum Gasteiger partial charge on any atom is 0.239 e. The van der Waals surface area contributed by atoms with Gasteiger partial charge in [0.05, 0.1) is 26.2 Å². The molecule has 3 aromatic rings. The van der Waals surface area contributed by atoms with Gasteiger partial charge in [0.15, 0.2) is 0 Å². The number of hydrogen-bond acceptors (Lipinski definition) is 2. The summed E-state index contributed by atoms with van der Waals surface area (Å²) < 4.78 is -1.50. The van der Waals surface area contributed by atoms with E-state index in [1.807, 2.05) is 56.3 Å². The third-order valence-corrected chi connectivity index (χ3v) is 9.94. The highest BCUT2D eigenvalue weighted by Gasteiger charge is 2.72. The number of imide groups is 1. The fourth-order valence-corrected chi connectivity index (χ4v) is 8.35. The van der Waals surface area contributed by atoms with Gasteiger partial charge in [-0.3, -0.25) is 9.59 Å². The van der Waals surface area contributed by atoms with Crippen LogP contribution in [0.4, 0.5) is 5.69 Å². The molecule has 31 heavy (non-hydrogen) atoms. The summed E-state index contributed by atoms with van der Waals surface area (Å²) in [4.78, 5) is 29.6. The molecule has 5 heteroatoms. The molecule has 1 saturated heterocycles. The third kappa shape index (κ3) is 2.10. The van der Waals surface area contributed by atoms with E-state index in [1.165, 1.54) is 4.90 Å². The molecule has 0 spiro atoms. The average molecular weight is 537 g/mol. The number of alkyl halides is 2. The van der Waals surface area contributed by atoms with Crippen LogP contribution in [-0.4, -0.2) is 11.8 Å². The normalized spacial score (nSPS) is 30.3. The molecule has 0 aromatic heterocycles. The van der Waals surface area contributed by atoms with Crippen LogP contribution in [0.3, 0.4) is 0 Å². The minimum atomic E-state index is -0.752. The number of carbonyl (C=O) groups is 2. The summed E-state index contributed by atoms with van der Waals surface area (Å²) in [6.07, 6.45) is 0. The lowest BCUT2D eigenvalue weighted by atomic mass is 9.54. The van der Waals surface area contributed by atoms with Crippen LogP contribution < -0.4 is 4.90 Å². The van der Waals surface area contributed by atoms with Crippen molar-refractivity contribution in [2.24, 2.45) is 11.8 Å². The molecule has 2 amide bonds. The van der Waals surface area contributed by atoms with Crippen molar-refractivity contribution in [1.82, 2.24) is 0 Å². The topological polar surface area (TPSA) is 37.4 Å². The molecule has 2 atom stereocenters. The van der Waals surface area contributed by atoms with Crippen LogP contribution in [0, 0.1) is 25.7 Å². The van der Waals surface area contributed by atoms with Crippen LogP contribution >= 0.6 is 31.9 Å². The Hall–Kier alpha value is -2.24. The minimum Gasteiger partial charge on any atom is -0.274 e. The van der Waals surface area contributed by atoms with Gasteiger partial charge in [0.25, 0.3) is 0 Å². The van der Waals surface area contributed by atoms with E-state index in [9.17, 15) is 9.59 Å². The van der Waals surface area contributed by atoms with Crippen molar-refractivity contribution >= 4 is 49.4 Å². The summed E-state index contributed by atoms with van der Waals surface area (Å²) in [5.74, 6) is -1.36. The second-order valence-electron chi connectivity index (χ2n) is 8.72. The van der Waals surface area contributed by atoms with Gasteiger partial charge in [-0.1, -0.05) is 98.6 Å². The molecular formula is C26H19Br2NO2. The molecule has 3 aromatic carbocycles. The van der Waals surface area contributed by atoms with Crippen molar-refractivity contribution in [1.29, 1.82) is 0 Å². The van der Waals surface area contributed by atoms with Gasteiger partial charge < -0.3 is 0 Å². The number of anilines is 1. The van der Waals surface area contributed by atoms with Gasteiger partial charge in [0, 0.05) is 0 Å². The Bertz CT molecular complexity index is 1170. The summed E-state index contributed by atoms with van der Waals surface area (Å²) in [6, 6.07) is 22.2. The molecule has 1 heterocycles. The number of nitrogens with zero attached hydrogens (tertiary/aromatic N) is 1. The Morgan fingerprint density at radius 3 is 1.35 bits per heavy atom. The minimum absolute atomic E-state index is 0.142. The second-order valence-corrected chi connectivity index (χ2v) is 11.2. The van der Waals surface area contributed by atoms with E-state index in [4.69, 9.17) is 0 Å². The predicted molar refractivity (Wildman–Crippen MR) is 128 cm³/mol. The maximum atomic E-state index is 14.1. The highest BCUT2D eigenvalue weighted by Crippen LogP contribution is 2.70. The zero-order valence-electron chi connectivity index (χ0n) is 17.0. The molecule has 2 bridgehead atoms. The Morgan fingerprint density at radius 1 is 0.645 bits per heavy atom. The average Bonchev–Trinajstić information content (AvgIpc) is 3.04. The fourth-order valence-electron chi connectivity index (χ4n) is 6.05. The number of carbonyl (C=O) groups excluding carboxylic acids is 2. The molecular weight excluding hydrogens is 518 g/mol. The third-order valence-electron chi connectivity index (χ3n) is 7.25. The van der Waals surface area contributed by atoms with Crippen molar-refractivity contribution in [3.63, 3.8) is 0 Å². The number of hydrogen-bond donors (Lipinski definition) is 0. The first-order valence-corrected chi connectivity index (χ1v) is 11.9. The number of benzene rings is 3. The lowest BCUT2D eigenvalue weighted by Crippen LogP contribution is -2.56. The van der Waals surface area contributed by atoms with Crippen LogP contribution in [-0.2, 0) is 18.2 Å². The van der Waals surface area contributed by atoms with E-state index in [-0.39, 0.29) is 11.8 Å². The van der Waals surface area contributed by atoms with Crippen molar-refractivity contribution in [3.8, 4) is 0 Å². The molecule has 0 unspecified atom stereocenters. The van der Waals surface area contributed by atoms with Gasteiger partial charge in [0.1, 0.15) is 0 Å². The summed E-state index contributed by atoms with van der Waals surface area (Å²) in [6.45, 7) is 3.91. The van der Waals surface area contributed by atoms with E-state index >= 15 is 0 Å². The molecule has 0 N–H and O–H groups in total. The Morgan fingerprint density at radius 2 is 1.00 bits per heavy atom. The quantitative estimate of drug-likeness (QED) is 0.295. The molecule has 0 radical (unpaired) electrons. The van der Waals surface area contributed by atoms with Crippen LogP contribution in [0.1, 0.15) is 33.4 Å². The monoisotopic (exact) mass is 535 g/mol. The molecule has 3 nitrogen and oxygen atoms in total.